The van der Waals surface area contributed by atoms with Crippen LogP contribution in [0, 0.1) is 5.82 Å². The molecule has 3 aromatic heterocycles. The maximum absolute atomic E-state index is 14.0. The Balaban J connectivity index is 1.59. The van der Waals surface area contributed by atoms with Gasteiger partial charge in [0.2, 0.25) is 5.89 Å². The van der Waals surface area contributed by atoms with Gasteiger partial charge in [-0.1, -0.05) is 18.2 Å². The number of pyridine rings is 1. The smallest absolute Gasteiger partial charge is 0.356 e. The number of fused-ring (bicyclic) bond motifs is 1. The fourth-order valence-corrected chi connectivity index (χ4v) is 3.46. The Morgan fingerprint density at radius 1 is 1.03 bits per heavy atom. The molecule has 32 heavy (non-hydrogen) atoms. The first-order valence-corrected chi connectivity index (χ1v) is 9.64. The first kappa shape index (κ1) is 19.6. The van der Waals surface area contributed by atoms with Crippen LogP contribution < -0.4 is 0 Å². The van der Waals surface area contributed by atoms with Gasteiger partial charge in [-0.25, -0.2) is 14.2 Å². The van der Waals surface area contributed by atoms with Crippen molar-refractivity contribution in [3.63, 3.8) is 0 Å². The van der Waals surface area contributed by atoms with Crippen molar-refractivity contribution in [1.29, 1.82) is 0 Å². The number of hydrogen-bond donors (Lipinski definition) is 0. The molecule has 0 fully saturated rings. The second kappa shape index (κ2) is 7.69. The zero-order valence-electron chi connectivity index (χ0n) is 17.1. The minimum absolute atomic E-state index is 0.147. The summed E-state index contributed by atoms with van der Waals surface area (Å²) in [6.07, 6.45) is 1.56. The van der Waals surface area contributed by atoms with E-state index in [1.807, 2.05) is 24.3 Å². The second-order valence-corrected chi connectivity index (χ2v) is 7.06. The number of carbonyl (C=O) groups is 1. The van der Waals surface area contributed by atoms with Crippen LogP contribution in [0.2, 0.25) is 0 Å². The average Bonchev–Trinajstić information content (AvgIpc) is 3.44. The van der Waals surface area contributed by atoms with Crippen molar-refractivity contribution in [3.8, 4) is 34.0 Å². The molecule has 0 saturated carbocycles. The molecule has 158 valence electrons. The van der Waals surface area contributed by atoms with Crippen molar-refractivity contribution >= 4 is 17.2 Å². The Bertz CT molecular complexity index is 1470. The van der Waals surface area contributed by atoms with Gasteiger partial charge in [0, 0.05) is 18.2 Å². The third-order valence-corrected chi connectivity index (χ3v) is 5.00. The van der Waals surface area contributed by atoms with Gasteiger partial charge >= 0.3 is 5.97 Å². The highest BCUT2D eigenvalue weighted by molar-refractivity contribution is 5.89. The maximum Gasteiger partial charge on any atom is 0.356 e. The van der Waals surface area contributed by atoms with E-state index in [1.165, 1.54) is 25.3 Å². The first-order chi connectivity index (χ1) is 15.5. The van der Waals surface area contributed by atoms with Crippen LogP contribution in [0.5, 0.6) is 0 Å². The highest BCUT2D eigenvalue weighted by Gasteiger charge is 2.16. The van der Waals surface area contributed by atoms with Crippen LogP contribution in [-0.4, -0.2) is 37.8 Å². The topological polar surface area (TPSA) is 95.9 Å². The lowest BCUT2D eigenvalue weighted by Gasteiger charge is -2.10. The summed E-state index contributed by atoms with van der Waals surface area (Å²) in [6, 6.07) is 15.2. The summed E-state index contributed by atoms with van der Waals surface area (Å²) in [5, 5.41) is 8.02. The molecule has 0 atom stereocenters. The van der Waals surface area contributed by atoms with Crippen molar-refractivity contribution in [2.24, 2.45) is 7.05 Å². The minimum atomic E-state index is -0.550. The van der Waals surface area contributed by atoms with Gasteiger partial charge in [0.05, 0.1) is 7.11 Å². The van der Waals surface area contributed by atoms with Crippen LogP contribution in [-0.2, 0) is 11.8 Å². The normalized spacial score (nSPS) is 11.1. The van der Waals surface area contributed by atoms with E-state index in [4.69, 9.17) is 9.15 Å². The quantitative estimate of drug-likeness (QED) is 0.394. The van der Waals surface area contributed by atoms with Crippen molar-refractivity contribution in [1.82, 2.24) is 24.7 Å². The molecule has 9 heteroatoms. The number of aromatic nitrogens is 5. The van der Waals surface area contributed by atoms with Crippen LogP contribution in [0.3, 0.4) is 0 Å². The van der Waals surface area contributed by atoms with Gasteiger partial charge in [-0.3, -0.25) is 0 Å². The van der Waals surface area contributed by atoms with E-state index in [1.54, 1.807) is 30.1 Å². The molecule has 2 aromatic carbocycles. The predicted molar refractivity (Wildman–Crippen MR) is 114 cm³/mol. The van der Waals surface area contributed by atoms with Crippen LogP contribution in [0.15, 0.2) is 65.3 Å². The fraction of sp³-hybridized carbons (Fsp3) is 0.0870. The molecular formula is C23H16FN5O3. The van der Waals surface area contributed by atoms with E-state index in [9.17, 15) is 9.18 Å². The number of rotatable bonds is 4. The molecule has 0 radical (unpaired) electrons. The number of esters is 1. The van der Waals surface area contributed by atoms with Gasteiger partial charge in [-0.15, -0.1) is 10.2 Å². The zero-order valence-corrected chi connectivity index (χ0v) is 17.1. The van der Waals surface area contributed by atoms with E-state index in [0.717, 1.165) is 11.1 Å². The van der Waals surface area contributed by atoms with Gasteiger partial charge in [0.1, 0.15) is 12.1 Å². The summed E-state index contributed by atoms with van der Waals surface area (Å²) in [6.45, 7) is 0. The number of methoxy groups -OCH3 is 1. The predicted octanol–water partition coefficient (Wildman–Crippen LogP) is 4.28. The first-order valence-electron chi connectivity index (χ1n) is 9.64. The molecule has 3 heterocycles. The number of nitrogens with zero attached hydrogens (tertiary/aromatic N) is 5. The van der Waals surface area contributed by atoms with Crippen molar-refractivity contribution in [3.05, 3.63) is 72.4 Å². The molecule has 0 spiro atoms. The second-order valence-electron chi connectivity index (χ2n) is 7.06. The van der Waals surface area contributed by atoms with E-state index >= 15 is 0 Å². The van der Waals surface area contributed by atoms with Gasteiger partial charge in [-0.05, 0) is 47.5 Å². The monoisotopic (exact) mass is 429 g/mol. The summed E-state index contributed by atoms with van der Waals surface area (Å²) in [4.78, 5) is 20.4. The van der Waals surface area contributed by atoms with Gasteiger partial charge < -0.3 is 13.7 Å². The van der Waals surface area contributed by atoms with E-state index in [2.05, 4.69) is 20.2 Å². The van der Waals surface area contributed by atoms with Crippen molar-refractivity contribution in [2.75, 3.05) is 7.11 Å². The number of oxazole rings is 1. The highest BCUT2D eigenvalue weighted by atomic mass is 19.1. The van der Waals surface area contributed by atoms with Crippen LogP contribution in [0.25, 0.3) is 45.2 Å². The van der Waals surface area contributed by atoms with E-state index < -0.39 is 5.97 Å². The molecule has 0 bridgehead atoms. The largest absolute Gasteiger partial charge is 0.464 e. The van der Waals surface area contributed by atoms with Gasteiger partial charge in [-0.2, -0.15) is 4.98 Å². The Morgan fingerprint density at radius 2 is 1.88 bits per heavy atom. The van der Waals surface area contributed by atoms with E-state index in [-0.39, 0.29) is 11.5 Å². The Kier molecular flexibility index (Phi) is 4.70. The lowest BCUT2D eigenvalue weighted by atomic mass is 9.97. The number of hydrogen-bond acceptors (Lipinski definition) is 7. The van der Waals surface area contributed by atoms with Crippen LogP contribution in [0.1, 0.15) is 10.5 Å². The molecule has 0 aliphatic heterocycles. The maximum atomic E-state index is 14.0. The molecule has 0 aliphatic carbocycles. The van der Waals surface area contributed by atoms with Gasteiger partial charge in [0.15, 0.2) is 22.7 Å². The molecular weight excluding hydrogens is 413 g/mol. The summed E-state index contributed by atoms with van der Waals surface area (Å²) < 4.78 is 26.3. The van der Waals surface area contributed by atoms with Crippen molar-refractivity contribution < 1.29 is 18.3 Å². The minimum Gasteiger partial charge on any atom is -0.464 e. The van der Waals surface area contributed by atoms with Crippen molar-refractivity contribution in [2.45, 2.75) is 0 Å². The molecule has 0 amide bonds. The Labute approximate surface area is 181 Å². The zero-order chi connectivity index (χ0) is 22.2. The summed E-state index contributed by atoms with van der Waals surface area (Å²) in [5.41, 5.74) is 3.82. The molecule has 0 N–H and O–H groups in total. The van der Waals surface area contributed by atoms with E-state index in [0.29, 0.717) is 34.1 Å². The summed E-state index contributed by atoms with van der Waals surface area (Å²) >= 11 is 0. The summed E-state index contributed by atoms with van der Waals surface area (Å²) in [5.74, 6) is -0.0228. The standard InChI is InChI=1S/C23H16FN5O3/c1-29-12-25-28-21(29)17-11-15(24)6-7-16(17)13-4-3-5-14(10-13)22-27-20-19(32-22)9-8-18(26-20)23(30)31-2/h3-12H,1-2H3. The number of ether oxygens (including phenoxy) is 1. The number of aryl methyl sites for hydroxylation is 1. The Morgan fingerprint density at radius 3 is 2.66 bits per heavy atom. The summed E-state index contributed by atoms with van der Waals surface area (Å²) in [7, 11) is 3.09. The highest BCUT2D eigenvalue weighted by Crippen LogP contribution is 2.34. The molecule has 5 rings (SSSR count). The number of carbonyl (C=O) groups excluding carboxylic acids is 1. The van der Waals surface area contributed by atoms with Crippen LogP contribution in [0.4, 0.5) is 4.39 Å². The third kappa shape index (κ3) is 3.39. The Hall–Kier alpha value is -4.40. The molecule has 0 saturated heterocycles. The lowest BCUT2D eigenvalue weighted by Crippen LogP contribution is -2.03. The van der Waals surface area contributed by atoms with Crippen LogP contribution >= 0.6 is 0 Å². The molecule has 0 aliphatic rings. The van der Waals surface area contributed by atoms with Gasteiger partial charge in [0.25, 0.3) is 0 Å². The number of halogens is 1. The molecule has 8 nitrogen and oxygen atoms in total. The fourth-order valence-electron chi connectivity index (χ4n) is 3.46. The SMILES string of the molecule is COC(=O)c1ccc2oc(-c3cccc(-c4ccc(F)cc4-c4nncn4C)c3)nc2n1. The molecule has 0 unspecified atom stereocenters. The molecule has 5 aromatic rings. The third-order valence-electron chi connectivity index (χ3n) is 5.00. The lowest BCUT2D eigenvalue weighted by molar-refractivity contribution is 0.0594. The number of benzene rings is 2. The average molecular weight is 429 g/mol.